The SMILES string of the molecule is CCCCNc1nc(C)cn1C1CCSC1. The number of hydrogen-bond acceptors (Lipinski definition) is 3. The van der Waals surface area contributed by atoms with Gasteiger partial charge in [-0.2, -0.15) is 11.8 Å². The second kappa shape index (κ2) is 5.62. The summed E-state index contributed by atoms with van der Waals surface area (Å²) in [5.74, 6) is 3.59. The number of unbranched alkanes of at least 4 members (excludes halogenated alkanes) is 1. The van der Waals surface area contributed by atoms with E-state index in [9.17, 15) is 0 Å². The molecule has 1 saturated heterocycles. The molecule has 1 unspecified atom stereocenters. The van der Waals surface area contributed by atoms with Gasteiger partial charge in [0.1, 0.15) is 0 Å². The number of nitrogens with zero attached hydrogens (tertiary/aromatic N) is 2. The molecule has 90 valence electrons. The van der Waals surface area contributed by atoms with Crippen molar-refractivity contribution in [2.45, 2.75) is 39.2 Å². The van der Waals surface area contributed by atoms with E-state index in [-0.39, 0.29) is 0 Å². The van der Waals surface area contributed by atoms with Crippen molar-refractivity contribution in [3.8, 4) is 0 Å². The Bertz CT molecular complexity index is 329. The summed E-state index contributed by atoms with van der Waals surface area (Å²) in [4.78, 5) is 4.57. The summed E-state index contributed by atoms with van der Waals surface area (Å²) in [6.45, 7) is 5.32. The molecule has 1 atom stereocenters. The number of nitrogens with one attached hydrogen (secondary N) is 1. The third-order valence-electron chi connectivity index (χ3n) is 2.97. The van der Waals surface area contributed by atoms with Gasteiger partial charge in [0.15, 0.2) is 0 Å². The molecular formula is C12H21N3S. The van der Waals surface area contributed by atoms with Crippen LogP contribution in [0.25, 0.3) is 0 Å². The van der Waals surface area contributed by atoms with Crippen LogP contribution in [0.15, 0.2) is 6.20 Å². The molecule has 0 spiro atoms. The summed E-state index contributed by atoms with van der Waals surface area (Å²) in [6.07, 6.45) is 5.91. The highest BCUT2D eigenvalue weighted by Gasteiger charge is 2.20. The highest BCUT2D eigenvalue weighted by Crippen LogP contribution is 2.30. The third-order valence-corrected chi connectivity index (χ3v) is 4.11. The first-order chi connectivity index (χ1) is 7.81. The second-order valence-corrected chi connectivity index (χ2v) is 5.56. The van der Waals surface area contributed by atoms with Crippen molar-refractivity contribution < 1.29 is 0 Å². The van der Waals surface area contributed by atoms with Crippen molar-refractivity contribution in [2.75, 3.05) is 23.4 Å². The summed E-state index contributed by atoms with van der Waals surface area (Å²) in [7, 11) is 0. The molecule has 1 aliphatic rings. The van der Waals surface area contributed by atoms with Gasteiger partial charge in [-0.15, -0.1) is 0 Å². The maximum Gasteiger partial charge on any atom is 0.203 e. The van der Waals surface area contributed by atoms with Crippen molar-refractivity contribution >= 4 is 17.7 Å². The first kappa shape index (κ1) is 11.8. The third kappa shape index (κ3) is 2.73. The Labute approximate surface area is 102 Å². The van der Waals surface area contributed by atoms with Gasteiger partial charge in [-0.25, -0.2) is 4.98 Å². The number of rotatable bonds is 5. The minimum atomic E-state index is 0.648. The zero-order valence-corrected chi connectivity index (χ0v) is 11.0. The zero-order valence-electron chi connectivity index (χ0n) is 10.2. The molecule has 1 aromatic rings. The van der Waals surface area contributed by atoms with Gasteiger partial charge in [-0.1, -0.05) is 13.3 Å². The average Bonchev–Trinajstić information content (AvgIpc) is 2.87. The summed E-state index contributed by atoms with van der Waals surface area (Å²) < 4.78 is 2.34. The van der Waals surface area contributed by atoms with E-state index in [1.54, 1.807) is 0 Å². The number of thioether (sulfide) groups is 1. The van der Waals surface area contributed by atoms with E-state index in [0.29, 0.717) is 6.04 Å². The Hall–Kier alpha value is -0.640. The molecule has 4 heteroatoms. The first-order valence-corrected chi connectivity index (χ1v) is 7.34. The van der Waals surface area contributed by atoms with E-state index in [0.717, 1.165) is 18.2 Å². The molecule has 0 aromatic carbocycles. The minimum Gasteiger partial charge on any atom is -0.356 e. The fourth-order valence-electron chi connectivity index (χ4n) is 2.04. The highest BCUT2D eigenvalue weighted by molar-refractivity contribution is 7.99. The Kier molecular flexibility index (Phi) is 4.16. The number of imidazole rings is 1. The number of aryl methyl sites for hydroxylation is 1. The topological polar surface area (TPSA) is 29.9 Å². The van der Waals surface area contributed by atoms with E-state index in [1.807, 2.05) is 11.8 Å². The van der Waals surface area contributed by atoms with Gasteiger partial charge in [0, 0.05) is 24.5 Å². The van der Waals surface area contributed by atoms with Crippen molar-refractivity contribution in [1.82, 2.24) is 9.55 Å². The van der Waals surface area contributed by atoms with Crippen molar-refractivity contribution in [1.29, 1.82) is 0 Å². The van der Waals surface area contributed by atoms with E-state index in [4.69, 9.17) is 0 Å². The normalized spacial score (nSPS) is 20.2. The fourth-order valence-corrected chi connectivity index (χ4v) is 3.25. The van der Waals surface area contributed by atoms with Crippen LogP contribution in [-0.4, -0.2) is 27.6 Å². The summed E-state index contributed by atoms with van der Waals surface area (Å²) in [6, 6.07) is 0.648. The Morgan fingerprint density at radius 2 is 2.50 bits per heavy atom. The molecule has 3 nitrogen and oxygen atoms in total. The van der Waals surface area contributed by atoms with Crippen LogP contribution in [-0.2, 0) is 0 Å². The van der Waals surface area contributed by atoms with Gasteiger partial charge in [0.05, 0.1) is 5.69 Å². The van der Waals surface area contributed by atoms with Gasteiger partial charge >= 0.3 is 0 Å². The van der Waals surface area contributed by atoms with Crippen LogP contribution in [0.1, 0.15) is 37.9 Å². The Balaban J connectivity index is 2.04. The van der Waals surface area contributed by atoms with Gasteiger partial charge in [-0.3, -0.25) is 0 Å². The van der Waals surface area contributed by atoms with Crippen molar-refractivity contribution in [2.24, 2.45) is 0 Å². The van der Waals surface area contributed by atoms with Crippen molar-refractivity contribution in [3.05, 3.63) is 11.9 Å². The quantitative estimate of drug-likeness (QED) is 0.801. The second-order valence-electron chi connectivity index (χ2n) is 4.41. The van der Waals surface area contributed by atoms with Crippen LogP contribution < -0.4 is 5.32 Å². The smallest absolute Gasteiger partial charge is 0.203 e. The van der Waals surface area contributed by atoms with Gasteiger partial charge in [-0.05, 0) is 25.5 Å². The molecule has 1 aromatic heterocycles. The van der Waals surface area contributed by atoms with Gasteiger partial charge in [0.2, 0.25) is 5.95 Å². The van der Waals surface area contributed by atoms with Crippen LogP contribution >= 0.6 is 11.8 Å². The summed E-state index contributed by atoms with van der Waals surface area (Å²) >= 11 is 2.05. The predicted molar refractivity (Wildman–Crippen MR) is 71.3 cm³/mol. The lowest BCUT2D eigenvalue weighted by Crippen LogP contribution is -2.13. The van der Waals surface area contributed by atoms with Crippen LogP contribution in [0.2, 0.25) is 0 Å². The van der Waals surface area contributed by atoms with Crippen LogP contribution in [0.4, 0.5) is 5.95 Å². The molecule has 0 bridgehead atoms. The molecule has 0 radical (unpaired) electrons. The molecule has 1 N–H and O–H groups in total. The number of hydrogen-bond donors (Lipinski definition) is 1. The monoisotopic (exact) mass is 239 g/mol. The Morgan fingerprint density at radius 3 is 3.19 bits per heavy atom. The van der Waals surface area contributed by atoms with Crippen LogP contribution in [0, 0.1) is 6.92 Å². The molecule has 0 saturated carbocycles. The highest BCUT2D eigenvalue weighted by atomic mass is 32.2. The summed E-state index contributed by atoms with van der Waals surface area (Å²) in [5, 5.41) is 3.45. The lowest BCUT2D eigenvalue weighted by molar-refractivity contribution is 0.563. The van der Waals surface area contributed by atoms with E-state index in [1.165, 1.54) is 30.8 Å². The maximum absolute atomic E-state index is 4.57. The molecule has 16 heavy (non-hydrogen) atoms. The molecular weight excluding hydrogens is 218 g/mol. The average molecular weight is 239 g/mol. The first-order valence-electron chi connectivity index (χ1n) is 6.18. The van der Waals surface area contributed by atoms with Gasteiger partial charge in [0.25, 0.3) is 0 Å². The molecule has 0 aliphatic carbocycles. The van der Waals surface area contributed by atoms with E-state index in [2.05, 4.69) is 34.9 Å². The summed E-state index contributed by atoms with van der Waals surface area (Å²) in [5.41, 5.74) is 1.12. The minimum absolute atomic E-state index is 0.648. The molecule has 2 heterocycles. The Morgan fingerprint density at radius 1 is 1.62 bits per heavy atom. The molecule has 1 fully saturated rings. The number of anilines is 1. The zero-order chi connectivity index (χ0) is 11.4. The number of aromatic nitrogens is 2. The predicted octanol–water partition coefficient (Wildman–Crippen LogP) is 3.08. The largest absolute Gasteiger partial charge is 0.356 e. The standard InChI is InChI=1S/C12H21N3S/c1-3-4-6-13-12-14-10(2)8-15(12)11-5-7-16-9-11/h8,11H,3-7,9H2,1-2H3,(H,13,14). The van der Waals surface area contributed by atoms with Crippen LogP contribution in [0.5, 0.6) is 0 Å². The van der Waals surface area contributed by atoms with Crippen LogP contribution in [0.3, 0.4) is 0 Å². The molecule has 1 aliphatic heterocycles. The fraction of sp³-hybridized carbons (Fsp3) is 0.750. The lowest BCUT2D eigenvalue weighted by Gasteiger charge is -2.14. The molecule has 2 rings (SSSR count). The molecule has 0 amide bonds. The lowest BCUT2D eigenvalue weighted by atomic mass is 10.2. The van der Waals surface area contributed by atoms with E-state index < -0.39 is 0 Å². The van der Waals surface area contributed by atoms with Crippen molar-refractivity contribution in [3.63, 3.8) is 0 Å². The maximum atomic E-state index is 4.57. The van der Waals surface area contributed by atoms with Gasteiger partial charge < -0.3 is 9.88 Å². The van der Waals surface area contributed by atoms with E-state index >= 15 is 0 Å².